The fraction of sp³-hybridized carbons (Fsp3) is 0. The molecule has 0 atom stereocenters. The molecule has 2 aromatic heterocycles. The quantitative estimate of drug-likeness (QED) is 0.713. The second kappa shape index (κ2) is 3.79. The molecule has 3 rings (SSSR count). The molecule has 0 saturated carbocycles. The van der Waals surface area contributed by atoms with E-state index in [2.05, 4.69) is 4.98 Å². The molecule has 0 saturated heterocycles. The van der Waals surface area contributed by atoms with E-state index in [0.717, 1.165) is 16.9 Å². The van der Waals surface area contributed by atoms with Crippen molar-refractivity contribution in [3.05, 3.63) is 53.7 Å². The molecule has 3 aromatic rings. The van der Waals surface area contributed by atoms with Gasteiger partial charge in [-0.1, -0.05) is 35.9 Å². The third-order valence-electron chi connectivity index (χ3n) is 2.70. The van der Waals surface area contributed by atoms with Crippen molar-refractivity contribution in [2.45, 2.75) is 0 Å². The number of hydrogen-bond donors (Lipinski definition) is 1. The lowest BCUT2D eigenvalue weighted by atomic mass is 10.1. The molecule has 0 radical (unpaired) electrons. The van der Waals surface area contributed by atoms with E-state index >= 15 is 0 Å². The number of nitrogens with zero attached hydrogens (tertiary/aromatic N) is 2. The number of rotatable bonds is 1. The summed E-state index contributed by atoms with van der Waals surface area (Å²) in [6.45, 7) is 0. The first-order valence-corrected chi connectivity index (χ1v) is 5.62. The summed E-state index contributed by atoms with van der Waals surface area (Å²) in [5, 5.41) is 0.655. The van der Waals surface area contributed by atoms with Crippen molar-refractivity contribution in [3.63, 3.8) is 0 Å². The molecule has 0 bridgehead atoms. The summed E-state index contributed by atoms with van der Waals surface area (Å²) in [5.74, 6) is 0.605. The van der Waals surface area contributed by atoms with Crippen LogP contribution in [0.5, 0.6) is 0 Å². The standard InChI is InChI=1S/C13H10ClN3/c14-10-6-2-1-5-9(10)12-13(15)17-8-4-3-7-11(17)16-12/h1-8H,15H2. The topological polar surface area (TPSA) is 43.3 Å². The number of fused-ring (bicyclic) bond motifs is 1. The highest BCUT2D eigenvalue weighted by Crippen LogP contribution is 2.31. The molecule has 17 heavy (non-hydrogen) atoms. The molecule has 2 heterocycles. The van der Waals surface area contributed by atoms with Crippen molar-refractivity contribution >= 4 is 23.1 Å². The first kappa shape index (κ1) is 10.2. The number of aromatic nitrogens is 2. The molecule has 0 aliphatic heterocycles. The van der Waals surface area contributed by atoms with Gasteiger partial charge in [0.1, 0.15) is 17.2 Å². The maximum Gasteiger partial charge on any atom is 0.139 e. The number of pyridine rings is 1. The number of anilines is 1. The smallest absolute Gasteiger partial charge is 0.139 e. The highest BCUT2D eigenvalue weighted by Gasteiger charge is 2.12. The van der Waals surface area contributed by atoms with Gasteiger partial charge < -0.3 is 5.73 Å². The number of hydrogen-bond acceptors (Lipinski definition) is 2. The molecule has 0 aliphatic rings. The maximum atomic E-state index is 6.15. The lowest BCUT2D eigenvalue weighted by molar-refractivity contribution is 1.20. The highest BCUT2D eigenvalue weighted by atomic mass is 35.5. The molecular weight excluding hydrogens is 234 g/mol. The zero-order valence-electron chi connectivity index (χ0n) is 8.97. The number of halogens is 1. The van der Waals surface area contributed by atoms with Crippen LogP contribution in [0, 0.1) is 0 Å². The van der Waals surface area contributed by atoms with E-state index in [1.165, 1.54) is 0 Å². The van der Waals surface area contributed by atoms with Crippen LogP contribution in [0.25, 0.3) is 16.9 Å². The average molecular weight is 244 g/mol. The summed E-state index contributed by atoms with van der Waals surface area (Å²) >= 11 is 6.15. The minimum absolute atomic E-state index is 0.605. The lowest BCUT2D eigenvalue weighted by Crippen LogP contribution is -1.93. The van der Waals surface area contributed by atoms with Gasteiger partial charge in [-0.3, -0.25) is 4.40 Å². The van der Waals surface area contributed by atoms with Gasteiger partial charge in [0, 0.05) is 11.8 Å². The van der Waals surface area contributed by atoms with Crippen LogP contribution >= 0.6 is 11.6 Å². The largest absolute Gasteiger partial charge is 0.383 e. The van der Waals surface area contributed by atoms with Crippen molar-refractivity contribution in [2.75, 3.05) is 5.73 Å². The molecule has 2 N–H and O–H groups in total. The Balaban J connectivity index is 2.32. The van der Waals surface area contributed by atoms with Crippen LogP contribution < -0.4 is 5.73 Å². The molecule has 0 fully saturated rings. The van der Waals surface area contributed by atoms with E-state index in [4.69, 9.17) is 17.3 Å². The SMILES string of the molecule is Nc1c(-c2ccccc2Cl)nc2ccccn12. The summed E-state index contributed by atoms with van der Waals surface area (Å²) in [7, 11) is 0. The first-order chi connectivity index (χ1) is 8.27. The Kier molecular flexibility index (Phi) is 2.27. The van der Waals surface area contributed by atoms with Gasteiger partial charge in [-0.25, -0.2) is 4.98 Å². The van der Waals surface area contributed by atoms with Crippen LogP contribution in [0.3, 0.4) is 0 Å². The van der Waals surface area contributed by atoms with E-state index < -0.39 is 0 Å². The molecule has 0 amide bonds. The average Bonchev–Trinajstić information content (AvgIpc) is 2.68. The van der Waals surface area contributed by atoms with Gasteiger partial charge in [0.15, 0.2) is 0 Å². The van der Waals surface area contributed by atoms with Crippen molar-refractivity contribution in [1.29, 1.82) is 0 Å². The van der Waals surface area contributed by atoms with Crippen LogP contribution in [-0.4, -0.2) is 9.38 Å². The number of nitrogens with two attached hydrogens (primary N) is 1. The van der Waals surface area contributed by atoms with Crippen molar-refractivity contribution in [3.8, 4) is 11.3 Å². The number of benzene rings is 1. The third-order valence-corrected chi connectivity index (χ3v) is 3.03. The third kappa shape index (κ3) is 1.56. The molecule has 0 spiro atoms. The molecule has 1 aromatic carbocycles. The predicted octanol–water partition coefficient (Wildman–Crippen LogP) is 3.24. The number of imidazole rings is 1. The molecule has 0 aliphatic carbocycles. The highest BCUT2D eigenvalue weighted by molar-refractivity contribution is 6.33. The lowest BCUT2D eigenvalue weighted by Gasteiger charge is -2.01. The Morgan fingerprint density at radius 3 is 2.59 bits per heavy atom. The zero-order chi connectivity index (χ0) is 11.8. The van der Waals surface area contributed by atoms with E-state index in [1.54, 1.807) is 0 Å². The minimum atomic E-state index is 0.605. The molecular formula is C13H10ClN3. The fourth-order valence-corrected chi connectivity index (χ4v) is 2.09. The van der Waals surface area contributed by atoms with Gasteiger partial charge in [0.2, 0.25) is 0 Å². The van der Waals surface area contributed by atoms with E-state index in [1.807, 2.05) is 53.1 Å². The van der Waals surface area contributed by atoms with Crippen LogP contribution in [-0.2, 0) is 0 Å². The van der Waals surface area contributed by atoms with Crippen LogP contribution in [0.4, 0.5) is 5.82 Å². The summed E-state index contributed by atoms with van der Waals surface area (Å²) in [5.41, 5.74) is 8.48. The van der Waals surface area contributed by atoms with Gasteiger partial charge >= 0.3 is 0 Å². The van der Waals surface area contributed by atoms with Crippen LogP contribution in [0.1, 0.15) is 0 Å². The van der Waals surface area contributed by atoms with Crippen molar-refractivity contribution < 1.29 is 0 Å². The minimum Gasteiger partial charge on any atom is -0.383 e. The van der Waals surface area contributed by atoms with Gasteiger partial charge in [-0.2, -0.15) is 0 Å². The van der Waals surface area contributed by atoms with Gasteiger partial charge in [0.25, 0.3) is 0 Å². The summed E-state index contributed by atoms with van der Waals surface area (Å²) in [6, 6.07) is 13.3. The summed E-state index contributed by atoms with van der Waals surface area (Å²) in [6.07, 6.45) is 1.89. The Labute approximate surface area is 103 Å². The predicted molar refractivity (Wildman–Crippen MR) is 70.1 cm³/mol. The monoisotopic (exact) mass is 243 g/mol. The van der Waals surface area contributed by atoms with Crippen molar-refractivity contribution in [2.24, 2.45) is 0 Å². The Bertz CT molecular complexity index is 688. The normalized spacial score (nSPS) is 10.9. The Morgan fingerprint density at radius 1 is 1.06 bits per heavy atom. The first-order valence-electron chi connectivity index (χ1n) is 5.25. The molecule has 84 valence electrons. The van der Waals surface area contributed by atoms with Gasteiger partial charge in [0.05, 0.1) is 5.02 Å². The summed E-state index contributed by atoms with van der Waals surface area (Å²) < 4.78 is 1.85. The van der Waals surface area contributed by atoms with Crippen LogP contribution in [0.2, 0.25) is 5.02 Å². The summed E-state index contributed by atoms with van der Waals surface area (Å²) in [4.78, 5) is 4.50. The number of nitrogen functional groups attached to an aromatic ring is 1. The molecule has 4 heteroatoms. The maximum absolute atomic E-state index is 6.15. The van der Waals surface area contributed by atoms with Crippen LogP contribution in [0.15, 0.2) is 48.7 Å². The Hall–Kier alpha value is -2.00. The second-order valence-electron chi connectivity index (χ2n) is 3.75. The second-order valence-corrected chi connectivity index (χ2v) is 4.16. The molecule has 3 nitrogen and oxygen atoms in total. The van der Waals surface area contributed by atoms with Crippen molar-refractivity contribution in [1.82, 2.24) is 9.38 Å². The van der Waals surface area contributed by atoms with Gasteiger partial charge in [-0.05, 0) is 18.2 Å². The van der Waals surface area contributed by atoms with Gasteiger partial charge in [-0.15, -0.1) is 0 Å². The molecule has 0 unspecified atom stereocenters. The van der Waals surface area contributed by atoms with E-state index in [9.17, 15) is 0 Å². The fourth-order valence-electron chi connectivity index (χ4n) is 1.87. The Morgan fingerprint density at radius 2 is 1.82 bits per heavy atom. The van der Waals surface area contributed by atoms with E-state index in [0.29, 0.717) is 10.8 Å². The van der Waals surface area contributed by atoms with E-state index in [-0.39, 0.29) is 0 Å². The zero-order valence-corrected chi connectivity index (χ0v) is 9.72.